The molecule has 0 saturated carbocycles. The van der Waals surface area contributed by atoms with Crippen molar-refractivity contribution >= 4 is 8.03 Å². The van der Waals surface area contributed by atoms with Crippen LogP contribution in [0.5, 0.6) is 0 Å². The summed E-state index contributed by atoms with van der Waals surface area (Å²) in [5.74, 6) is 0.454. The normalized spacial score (nSPS) is 16.0. The molecule has 0 aromatic carbocycles. The Hall–Kier alpha value is -0.0700. The van der Waals surface area contributed by atoms with Gasteiger partial charge in [0.1, 0.15) is 0 Å². The summed E-state index contributed by atoms with van der Waals surface area (Å²) in [6.07, 6.45) is 2.56. The van der Waals surface area contributed by atoms with E-state index in [1.807, 2.05) is 20.8 Å². The van der Waals surface area contributed by atoms with E-state index in [-0.39, 0.29) is 5.66 Å². The maximum absolute atomic E-state index is 11.4. The van der Waals surface area contributed by atoms with Crippen LogP contribution in [0, 0.1) is 5.92 Å². The summed E-state index contributed by atoms with van der Waals surface area (Å²) >= 11 is 0. The summed E-state index contributed by atoms with van der Waals surface area (Å²) in [4.78, 5) is 0. The first kappa shape index (κ1) is 11.9. The third kappa shape index (κ3) is 5.56. The van der Waals surface area contributed by atoms with Gasteiger partial charge in [-0.05, 0) is 12.3 Å². The second kappa shape index (κ2) is 6.45. The van der Waals surface area contributed by atoms with Crippen LogP contribution >= 0.6 is 8.03 Å². The van der Waals surface area contributed by atoms with Crippen LogP contribution in [0.15, 0.2) is 12.7 Å². The highest BCUT2D eigenvalue weighted by atomic mass is 31.1. The van der Waals surface area contributed by atoms with Crippen molar-refractivity contribution in [2.45, 2.75) is 32.9 Å². The molecule has 0 radical (unpaired) electrons. The van der Waals surface area contributed by atoms with Crippen molar-refractivity contribution in [3.8, 4) is 0 Å². The highest BCUT2D eigenvalue weighted by Gasteiger charge is 2.09. The van der Waals surface area contributed by atoms with Crippen molar-refractivity contribution in [1.29, 1.82) is 0 Å². The lowest BCUT2D eigenvalue weighted by molar-refractivity contribution is 0.279. The Balaban J connectivity index is 3.63. The van der Waals surface area contributed by atoms with E-state index >= 15 is 0 Å². The van der Waals surface area contributed by atoms with E-state index in [2.05, 4.69) is 6.58 Å². The van der Waals surface area contributed by atoms with Gasteiger partial charge in [0.15, 0.2) is 8.03 Å². The summed E-state index contributed by atoms with van der Waals surface area (Å²) < 4.78 is 16.6. The predicted molar refractivity (Wildman–Crippen MR) is 54.1 cm³/mol. The van der Waals surface area contributed by atoms with Crippen LogP contribution in [-0.4, -0.2) is 12.3 Å². The highest BCUT2D eigenvalue weighted by molar-refractivity contribution is 7.40. The molecule has 0 aliphatic carbocycles. The standard InChI is InChI=1S/C9H19O2P/c1-5-6-9(4)12(10)11-7-8(2)3/h5,8-9,12H,1,6-7H2,2-4H3. The van der Waals surface area contributed by atoms with Crippen molar-refractivity contribution in [1.82, 2.24) is 0 Å². The molecule has 0 aliphatic rings. The number of rotatable bonds is 6. The Morgan fingerprint density at radius 2 is 2.08 bits per heavy atom. The van der Waals surface area contributed by atoms with E-state index in [4.69, 9.17) is 4.52 Å². The molecule has 0 aromatic rings. The van der Waals surface area contributed by atoms with Gasteiger partial charge in [-0.15, -0.1) is 6.58 Å². The zero-order valence-corrected chi connectivity index (χ0v) is 9.17. The third-order valence-corrected chi connectivity index (χ3v) is 2.97. The Labute approximate surface area is 75.9 Å². The van der Waals surface area contributed by atoms with E-state index in [9.17, 15) is 4.57 Å². The van der Waals surface area contributed by atoms with Crippen molar-refractivity contribution in [2.75, 3.05) is 6.61 Å². The maximum Gasteiger partial charge on any atom is 0.194 e. The summed E-state index contributed by atoms with van der Waals surface area (Å²) in [7, 11) is -1.85. The molecule has 2 nitrogen and oxygen atoms in total. The number of hydrogen-bond donors (Lipinski definition) is 0. The van der Waals surface area contributed by atoms with Crippen molar-refractivity contribution < 1.29 is 9.09 Å². The van der Waals surface area contributed by atoms with E-state index in [0.29, 0.717) is 12.5 Å². The molecule has 3 heteroatoms. The van der Waals surface area contributed by atoms with Crippen LogP contribution in [0.2, 0.25) is 0 Å². The molecule has 0 fully saturated rings. The van der Waals surface area contributed by atoms with E-state index in [0.717, 1.165) is 6.42 Å². The summed E-state index contributed by atoms with van der Waals surface area (Å²) in [6, 6.07) is 0. The van der Waals surface area contributed by atoms with E-state index in [1.54, 1.807) is 6.08 Å². The minimum Gasteiger partial charge on any atom is -0.330 e. The van der Waals surface area contributed by atoms with Crippen LogP contribution in [-0.2, 0) is 9.09 Å². The molecule has 0 bridgehead atoms. The van der Waals surface area contributed by atoms with Gasteiger partial charge in [-0.2, -0.15) is 0 Å². The largest absolute Gasteiger partial charge is 0.330 e. The topological polar surface area (TPSA) is 26.3 Å². The van der Waals surface area contributed by atoms with Gasteiger partial charge in [0.25, 0.3) is 0 Å². The Kier molecular flexibility index (Phi) is 6.41. The first-order valence-electron chi connectivity index (χ1n) is 4.35. The van der Waals surface area contributed by atoms with Gasteiger partial charge >= 0.3 is 0 Å². The third-order valence-electron chi connectivity index (χ3n) is 1.48. The van der Waals surface area contributed by atoms with Gasteiger partial charge in [-0.25, -0.2) is 0 Å². The molecule has 0 spiro atoms. The number of hydrogen-bond acceptors (Lipinski definition) is 2. The zero-order valence-electron chi connectivity index (χ0n) is 8.17. The lowest BCUT2D eigenvalue weighted by Gasteiger charge is -2.11. The fraction of sp³-hybridized carbons (Fsp3) is 0.778. The molecule has 12 heavy (non-hydrogen) atoms. The molecule has 72 valence electrons. The molecule has 0 aliphatic heterocycles. The second-order valence-corrected chi connectivity index (χ2v) is 5.36. The van der Waals surface area contributed by atoms with Crippen molar-refractivity contribution in [3.05, 3.63) is 12.7 Å². The summed E-state index contributed by atoms with van der Waals surface area (Å²) in [5.41, 5.74) is 0.131. The molecule has 0 heterocycles. The van der Waals surface area contributed by atoms with Gasteiger partial charge in [-0.1, -0.05) is 26.8 Å². The molecule has 0 N–H and O–H groups in total. The smallest absolute Gasteiger partial charge is 0.194 e. The lowest BCUT2D eigenvalue weighted by Crippen LogP contribution is -2.01. The monoisotopic (exact) mass is 190 g/mol. The Morgan fingerprint density at radius 3 is 2.50 bits per heavy atom. The van der Waals surface area contributed by atoms with Gasteiger partial charge < -0.3 is 4.52 Å². The summed E-state index contributed by atoms with van der Waals surface area (Å²) in [5, 5.41) is 0. The van der Waals surface area contributed by atoms with Gasteiger partial charge in [0.05, 0.1) is 6.61 Å². The Bertz CT molecular complexity index is 155. The highest BCUT2D eigenvalue weighted by Crippen LogP contribution is 2.31. The van der Waals surface area contributed by atoms with Gasteiger partial charge in [0.2, 0.25) is 0 Å². The number of allylic oxidation sites excluding steroid dienone is 1. The molecule has 2 atom stereocenters. The zero-order chi connectivity index (χ0) is 9.56. The van der Waals surface area contributed by atoms with Crippen LogP contribution in [0.25, 0.3) is 0 Å². The van der Waals surface area contributed by atoms with Crippen LogP contribution in [0.1, 0.15) is 27.2 Å². The first-order valence-corrected chi connectivity index (χ1v) is 5.74. The summed E-state index contributed by atoms with van der Waals surface area (Å²) in [6.45, 7) is 10.2. The molecular weight excluding hydrogens is 171 g/mol. The molecule has 0 amide bonds. The van der Waals surface area contributed by atoms with Gasteiger partial charge in [-0.3, -0.25) is 4.57 Å². The molecular formula is C9H19O2P. The quantitative estimate of drug-likeness (QED) is 0.475. The molecule has 0 rings (SSSR count). The lowest BCUT2D eigenvalue weighted by atomic mass is 10.2. The molecule has 2 unspecified atom stereocenters. The maximum atomic E-state index is 11.4. The van der Waals surface area contributed by atoms with Crippen molar-refractivity contribution in [2.24, 2.45) is 5.92 Å². The second-order valence-electron chi connectivity index (χ2n) is 3.45. The minimum atomic E-state index is -1.85. The minimum absolute atomic E-state index is 0.131. The first-order chi connectivity index (χ1) is 5.57. The van der Waals surface area contributed by atoms with Crippen LogP contribution in [0.4, 0.5) is 0 Å². The molecule has 0 aromatic heterocycles. The SMILES string of the molecule is C=CCC(C)[PH](=O)OCC(C)C. The average molecular weight is 190 g/mol. The fourth-order valence-corrected chi connectivity index (χ4v) is 1.88. The van der Waals surface area contributed by atoms with Crippen molar-refractivity contribution in [3.63, 3.8) is 0 Å². The Morgan fingerprint density at radius 1 is 1.50 bits per heavy atom. The van der Waals surface area contributed by atoms with Gasteiger partial charge in [0, 0.05) is 5.66 Å². The van der Waals surface area contributed by atoms with Crippen LogP contribution < -0.4 is 0 Å². The van der Waals surface area contributed by atoms with Crippen LogP contribution in [0.3, 0.4) is 0 Å². The fourth-order valence-electron chi connectivity index (χ4n) is 0.737. The average Bonchev–Trinajstić information content (AvgIpc) is 2.00. The predicted octanol–water partition coefficient (Wildman–Crippen LogP) is 3.10. The van der Waals surface area contributed by atoms with E-state index in [1.165, 1.54) is 0 Å². The van der Waals surface area contributed by atoms with E-state index < -0.39 is 8.03 Å². The molecule has 0 saturated heterocycles.